The number of nitrogens with two attached hydrogens (primary N) is 1. The molecule has 2 heterocycles. The summed E-state index contributed by atoms with van der Waals surface area (Å²) in [7, 11) is 0. The van der Waals surface area contributed by atoms with E-state index < -0.39 is 0 Å². The molecule has 0 aliphatic carbocycles. The Morgan fingerprint density at radius 3 is 2.94 bits per heavy atom. The number of hydrogen-bond acceptors (Lipinski definition) is 3. The Kier molecular flexibility index (Phi) is 4.18. The fourth-order valence-corrected chi connectivity index (χ4v) is 2.77. The monoisotopic (exact) mass is 236 g/mol. The Morgan fingerprint density at radius 2 is 2.35 bits per heavy atom. The predicted octanol–water partition coefficient (Wildman–Crippen LogP) is 1.78. The smallest absolute Gasteiger partial charge is 0.0538 e. The first-order chi connectivity index (χ1) is 8.26. The summed E-state index contributed by atoms with van der Waals surface area (Å²) in [5, 5.41) is 4.36. The highest BCUT2D eigenvalue weighted by Gasteiger charge is 2.26. The van der Waals surface area contributed by atoms with Crippen LogP contribution in [0.15, 0.2) is 12.4 Å². The summed E-state index contributed by atoms with van der Waals surface area (Å²) in [4.78, 5) is 2.54. The molecule has 1 aromatic rings. The molecule has 2 rings (SSSR count). The van der Waals surface area contributed by atoms with E-state index in [-0.39, 0.29) is 0 Å². The maximum Gasteiger partial charge on any atom is 0.0538 e. The molecule has 0 saturated carbocycles. The minimum atomic E-state index is 0.339. The van der Waals surface area contributed by atoms with E-state index in [1.165, 1.54) is 31.4 Å². The molecule has 4 heteroatoms. The third kappa shape index (κ3) is 2.69. The van der Waals surface area contributed by atoms with Crippen molar-refractivity contribution in [1.29, 1.82) is 0 Å². The maximum absolute atomic E-state index is 5.97. The molecule has 1 saturated heterocycles. The van der Waals surface area contributed by atoms with Crippen molar-refractivity contribution in [3.8, 4) is 0 Å². The first kappa shape index (κ1) is 12.6. The molecule has 1 aromatic heterocycles. The molecule has 2 unspecified atom stereocenters. The van der Waals surface area contributed by atoms with Gasteiger partial charge in [-0.1, -0.05) is 6.42 Å². The normalized spacial score (nSPS) is 23.8. The average molecular weight is 236 g/mol. The Morgan fingerprint density at radius 1 is 1.53 bits per heavy atom. The van der Waals surface area contributed by atoms with Crippen LogP contribution in [0.1, 0.15) is 44.7 Å². The quantitative estimate of drug-likeness (QED) is 0.867. The maximum atomic E-state index is 5.97. The van der Waals surface area contributed by atoms with Gasteiger partial charge in [0.1, 0.15) is 0 Å². The number of hydrogen-bond donors (Lipinski definition) is 1. The zero-order valence-electron chi connectivity index (χ0n) is 11.0. The highest BCUT2D eigenvalue weighted by Crippen LogP contribution is 2.27. The molecule has 1 aliphatic rings. The third-order valence-electron chi connectivity index (χ3n) is 3.84. The summed E-state index contributed by atoms with van der Waals surface area (Å²) in [5.74, 6) is 0. The van der Waals surface area contributed by atoms with Crippen LogP contribution in [0.5, 0.6) is 0 Å². The van der Waals surface area contributed by atoms with Gasteiger partial charge in [-0.2, -0.15) is 5.10 Å². The number of aryl methyl sites for hydroxylation is 1. The lowest BCUT2D eigenvalue weighted by molar-refractivity contribution is 0.109. The largest absolute Gasteiger partial charge is 0.329 e. The van der Waals surface area contributed by atoms with Crippen molar-refractivity contribution < 1.29 is 0 Å². The van der Waals surface area contributed by atoms with E-state index in [0.717, 1.165) is 6.54 Å². The topological polar surface area (TPSA) is 47.1 Å². The van der Waals surface area contributed by atoms with E-state index in [0.29, 0.717) is 18.6 Å². The van der Waals surface area contributed by atoms with Crippen molar-refractivity contribution >= 4 is 0 Å². The first-order valence-corrected chi connectivity index (χ1v) is 6.74. The highest BCUT2D eigenvalue weighted by atomic mass is 15.3. The van der Waals surface area contributed by atoms with Crippen LogP contribution < -0.4 is 5.73 Å². The Bertz CT molecular complexity index is 347. The van der Waals surface area contributed by atoms with Gasteiger partial charge in [0.25, 0.3) is 0 Å². The van der Waals surface area contributed by atoms with Crippen molar-refractivity contribution in [2.45, 2.75) is 51.7 Å². The summed E-state index contributed by atoms with van der Waals surface area (Å²) >= 11 is 0. The Hall–Kier alpha value is -0.870. The van der Waals surface area contributed by atoms with Gasteiger partial charge in [0, 0.05) is 30.9 Å². The lowest BCUT2D eigenvalue weighted by Crippen LogP contribution is -2.42. The molecule has 0 aromatic carbocycles. The number of aromatic nitrogens is 2. The lowest BCUT2D eigenvalue weighted by atomic mass is 9.99. The molecular weight excluding hydrogens is 212 g/mol. The van der Waals surface area contributed by atoms with E-state index in [4.69, 9.17) is 5.73 Å². The van der Waals surface area contributed by atoms with Crippen LogP contribution in [-0.2, 0) is 6.54 Å². The van der Waals surface area contributed by atoms with Gasteiger partial charge < -0.3 is 5.73 Å². The summed E-state index contributed by atoms with van der Waals surface area (Å²) in [6, 6.07) is 0.980. The van der Waals surface area contributed by atoms with Crippen LogP contribution in [0, 0.1) is 0 Å². The number of piperidine rings is 1. The van der Waals surface area contributed by atoms with Crippen LogP contribution >= 0.6 is 0 Å². The van der Waals surface area contributed by atoms with Crippen LogP contribution in [0.4, 0.5) is 0 Å². The second-order valence-electron chi connectivity index (χ2n) is 4.96. The second kappa shape index (κ2) is 5.65. The molecule has 0 spiro atoms. The molecule has 2 N–H and O–H groups in total. The minimum absolute atomic E-state index is 0.339. The van der Waals surface area contributed by atoms with Gasteiger partial charge in [-0.3, -0.25) is 9.58 Å². The van der Waals surface area contributed by atoms with Crippen molar-refractivity contribution in [3.05, 3.63) is 18.0 Å². The van der Waals surface area contributed by atoms with Crippen LogP contribution in [0.25, 0.3) is 0 Å². The third-order valence-corrected chi connectivity index (χ3v) is 3.84. The van der Waals surface area contributed by atoms with Gasteiger partial charge in [0.15, 0.2) is 0 Å². The van der Waals surface area contributed by atoms with Crippen LogP contribution in [0.2, 0.25) is 0 Å². The minimum Gasteiger partial charge on any atom is -0.329 e. The van der Waals surface area contributed by atoms with Crippen molar-refractivity contribution in [2.75, 3.05) is 13.1 Å². The zero-order valence-corrected chi connectivity index (χ0v) is 11.0. The van der Waals surface area contributed by atoms with Crippen molar-refractivity contribution in [1.82, 2.24) is 14.7 Å². The zero-order chi connectivity index (χ0) is 12.3. The molecule has 0 bridgehead atoms. The SMILES string of the molecule is CCn1cc(C(CN)N2CCCCC2C)cn1. The Balaban J connectivity index is 2.14. The van der Waals surface area contributed by atoms with E-state index in [2.05, 4.69) is 30.0 Å². The molecule has 0 amide bonds. The summed E-state index contributed by atoms with van der Waals surface area (Å²) in [6.45, 7) is 7.19. The summed E-state index contributed by atoms with van der Waals surface area (Å²) < 4.78 is 1.98. The molecule has 2 atom stereocenters. The molecule has 1 fully saturated rings. The predicted molar refractivity (Wildman–Crippen MR) is 69.7 cm³/mol. The molecule has 17 heavy (non-hydrogen) atoms. The Labute approximate surface area is 104 Å². The molecule has 0 radical (unpaired) electrons. The van der Waals surface area contributed by atoms with E-state index >= 15 is 0 Å². The first-order valence-electron chi connectivity index (χ1n) is 6.74. The van der Waals surface area contributed by atoms with Crippen LogP contribution in [0.3, 0.4) is 0 Å². The van der Waals surface area contributed by atoms with Gasteiger partial charge in [0.2, 0.25) is 0 Å². The van der Waals surface area contributed by atoms with Crippen LogP contribution in [-0.4, -0.2) is 33.8 Å². The fourth-order valence-electron chi connectivity index (χ4n) is 2.77. The second-order valence-corrected chi connectivity index (χ2v) is 4.96. The van der Waals surface area contributed by atoms with Gasteiger partial charge in [-0.25, -0.2) is 0 Å². The lowest BCUT2D eigenvalue weighted by Gasteiger charge is -2.38. The molecule has 1 aliphatic heterocycles. The number of rotatable bonds is 4. The van der Waals surface area contributed by atoms with Gasteiger partial charge in [0.05, 0.1) is 12.2 Å². The highest BCUT2D eigenvalue weighted by molar-refractivity contribution is 5.12. The van der Waals surface area contributed by atoms with E-state index in [1.54, 1.807) is 0 Å². The van der Waals surface area contributed by atoms with Gasteiger partial charge >= 0.3 is 0 Å². The summed E-state index contributed by atoms with van der Waals surface area (Å²) in [6.07, 6.45) is 8.05. The van der Waals surface area contributed by atoms with Gasteiger partial charge in [-0.05, 0) is 33.2 Å². The van der Waals surface area contributed by atoms with E-state index in [1.807, 2.05) is 10.9 Å². The van der Waals surface area contributed by atoms with Crippen molar-refractivity contribution in [2.24, 2.45) is 5.73 Å². The standard InChI is InChI=1S/C13H24N4/c1-3-16-10-12(9-15-16)13(8-14)17-7-5-4-6-11(17)2/h9-11,13H,3-8,14H2,1-2H3. The number of likely N-dealkylation sites (tertiary alicyclic amines) is 1. The van der Waals surface area contributed by atoms with Crippen molar-refractivity contribution in [3.63, 3.8) is 0 Å². The fraction of sp³-hybridized carbons (Fsp3) is 0.769. The van der Waals surface area contributed by atoms with Gasteiger partial charge in [-0.15, -0.1) is 0 Å². The number of nitrogens with zero attached hydrogens (tertiary/aromatic N) is 3. The molecule has 4 nitrogen and oxygen atoms in total. The summed E-state index contributed by atoms with van der Waals surface area (Å²) in [5.41, 5.74) is 7.24. The average Bonchev–Trinajstić information content (AvgIpc) is 2.81. The molecule has 96 valence electrons. The van der Waals surface area contributed by atoms with E-state index in [9.17, 15) is 0 Å². The molecular formula is C13H24N4.